The van der Waals surface area contributed by atoms with Crippen molar-refractivity contribution >= 4 is 29.3 Å². The Hall–Kier alpha value is -2.09. The normalized spacial score (nSPS) is 11.8. The van der Waals surface area contributed by atoms with Gasteiger partial charge in [0, 0.05) is 25.7 Å². The first-order valence-electron chi connectivity index (χ1n) is 6.17. The second kappa shape index (κ2) is 7.07. The minimum atomic E-state index is -1.04. The lowest BCUT2D eigenvalue weighted by molar-refractivity contribution is -0.387. The van der Waals surface area contributed by atoms with Crippen LogP contribution in [0, 0.1) is 10.1 Å². The van der Waals surface area contributed by atoms with Gasteiger partial charge in [-0.25, -0.2) is 0 Å². The molecule has 0 aliphatic rings. The van der Waals surface area contributed by atoms with Crippen molar-refractivity contribution in [1.82, 2.24) is 4.90 Å². The first kappa shape index (κ1) is 17.0. The number of carbonyl (C=O) groups excluding carboxylic acids is 1. The molecular formula is C13H16N2O5S. The molecule has 1 amide bonds. The van der Waals surface area contributed by atoms with Crippen molar-refractivity contribution in [3.63, 3.8) is 0 Å². The average molecular weight is 312 g/mol. The molecule has 114 valence electrons. The minimum Gasteiger partial charge on any atom is -0.480 e. The van der Waals surface area contributed by atoms with E-state index in [1.54, 1.807) is 21.0 Å². The molecule has 0 aliphatic carbocycles. The maximum Gasteiger partial charge on any atom is 0.316 e. The van der Waals surface area contributed by atoms with Gasteiger partial charge in [-0.1, -0.05) is 6.92 Å². The lowest BCUT2D eigenvalue weighted by Gasteiger charge is -2.13. The maximum absolute atomic E-state index is 11.9. The zero-order valence-electron chi connectivity index (χ0n) is 11.9. The van der Waals surface area contributed by atoms with Crippen molar-refractivity contribution in [2.45, 2.75) is 23.5 Å². The summed E-state index contributed by atoms with van der Waals surface area (Å²) >= 11 is 0.883. The molecule has 0 fully saturated rings. The Balaban J connectivity index is 3.24. The molecule has 7 nitrogen and oxygen atoms in total. The summed E-state index contributed by atoms with van der Waals surface area (Å²) in [4.78, 5) is 35.0. The molecule has 0 saturated heterocycles. The number of aliphatic carboxylic acids is 1. The van der Waals surface area contributed by atoms with E-state index in [0.717, 1.165) is 11.8 Å². The summed E-state index contributed by atoms with van der Waals surface area (Å²) < 4.78 is 0. The van der Waals surface area contributed by atoms with Crippen LogP contribution in [0.3, 0.4) is 0 Å². The molecule has 1 aromatic carbocycles. The number of thioether (sulfide) groups is 1. The van der Waals surface area contributed by atoms with Crippen LogP contribution in [0.1, 0.15) is 23.7 Å². The van der Waals surface area contributed by atoms with Crippen LogP contribution in [0.2, 0.25) is 0 Å². The fourth-order valence-electron chi connectivity index (χ4n) is 1.61. The van der Waals surface area contributed by atoms with Crippen LogP contribution in [0.15, 0.2) is 23.1 Å². The highest BCUT2D eigenvalue weighted by Crippen LogP contribution is 2.34. The number of hydrogen-bond acceptors (Lipinski definition) is 5. The smallest absolute Gasteiger partial charge is 0.316 e. The molecular weight excluding hydrogens is 296 g/mol. The predicted octanol–water partition coefficient (Wildman–Crippen LogP) is 2.25. The fraction of sp³-hybridized carbons (Fsp3) is 0.385. The first-order chi connectivity index (χ1) is 9.77. The molecule has 0 spiro atoms. The van der Waals surface area contributed by atoms with Crippen molar-refractivity contribution in [2.75, 3.05) is 14.1 Å². The Morgan fingerprint density at radius 3 is 2.48 bits per heavy atom. The van der Waals surface area contributed by atoms with Gasteiger partial charge in [0.25, 0.3) is 11.6 Å². The summed E-state index contributed by atoms with van der Waals surface area (Å²) in [6.45, 7) is 1.69. The molecule has 1 unspecified atom stereocenters. The van der Waals surface area contributed by atoms with Gasteiger partial charge in [-0.05, 0) is 18.6 Å². The van der Waals surface area contributed by atoms with E-state index in [2.05, 4.69) is 0 Å². The maximum atomic E-state index is 11.9. The van der Waals surface area contributed by atoms with Gasteiger partial charge in [0.1, 0.15) is 5.25 Å². The Morgan fingerprint density at radius 1 is 1.43 bits per heavy atom. The number of carbonyl (C=O) groups is 2. The third-order valence-corrected chi connectivity index (χ3v) is 4.13. The van der Waals surface area contributed by atoms with Crippen molar-refractivity contribution in [2.24, 2.45) is 0 Å². The van der Waals surface area contributed by atoms with E-state index in [9.17, 15) is 19.7 Å². The summed E-state index contributed by atoms with van der Waals surface area (Å²) in [5.41, 5.74) is 0.0864. The Bertz CT molecular complexity index is 574. The standard InChI is InChI=1S/C13H16N2O5S/c1-4-10(13(17)18)21-11-7-8(12(16)14(2)3)5-6-9(11)15(19)20/h5-7,10H,4H2,1-3H3,(H,17,18). The number of carboxylic acid groups (broad SMARTS) is 1. The lowest BCUT2D eigenvalue weighted by atomic mass is 10.2. The third-order valence-electron chi connectivity index (χ3n) is 2.73. The summed E-state index contributed by atoms with van der Waals surface area (Å²) in [5.74, 6) is -1.34. The highest BCUT2D eigenvalue weighted by atomic mass is 32.2. The summed E-state index contributed by atoms with van der Waals surface area (Å²) in [6.07, 6.45) is 0.322. The molecule has 8 heteroatoms. The highest BCUT2D eigenvalue weighted by molar-refractivity contribution is 8.00. The van der Waals surface area contributed by atoms with Crippen LogP contribution in [0.25, 0.3) is 0 Å². The molecule has 21 heavy (non-hydrogen) atoms. The quantitative estimate of drug-likeness (QED) is 0.491. The van der Waals surface area contributed by atoms with E-state index in [0.29, 0.717) is 6.42 Å². The predicted molar refractivity (Wildman–Crippen MR) is 78.7 cm³/mol. The van der Waals surface area contributed by atoms with Crippen LogP contribution < -0.4 is 0 Å². The van der Waals surface area contributed by atoms with Crippen molar-refractivity contribution in [3.05, 3.63) is 33.9 Å². The number of amides is 1. The van der Waals surface area contributed by atoms with E-state index in [1.165, 1.54) is 23.1 Å². The molecule has 1 rings (SSSR count). The Kier molecular flexibility index (Phi) is 5.71. The zero-order chi connectivity index (χ0) is 16.2. The van der Waals surface area contributed by atoms with Gasteiger partial charge < -0.3 is 10.0 Å². The second-order valence-electron chi connectivity index (χ2n) is 4.49. The number of nitro groups is 1. The molecule has 0 saturated carbocycles. The Morgan fingerprint density at radius 2 is 2.05 bits per heavy atom. The van der Waals surface area contributed by atoms with E-state index in [1.807, 2.05) is 0 Å². The minimum absolute atomic E-state index is 0.182. The van der Waals surface area contributed by atoms with Crippen LogP contribution >= 0.6 is 11.8 Å². The lowest BCUT2D eigenvalue weighted by Crippen LogP contribution is -2.22. The van der Waals surface area contributed by atoms with E-state index >= 15 is 0 Å². The van der Waals surface area contributed by atoms with E-state index in [-0.39, 0.29) is 22.1 Å². The molecule has 0 bridgehead atoms. The number of carboxylic acids is 1. The third kappa shape index (κ3) is 4.19. The van der Waals surface area contributed by atoms with Crippen LogP contribution in [-0.4, -0.2) is 46.2 Å². The van der Waals surface area contributed by atoms with Gasteiger partial charge in [0.05, 0.1) is 9.82 Å². The number of nitrogens with zero attached hydrogens (tertiary/aromatic N) is 2. The van der Waals surface area contributed by atoms with Crippen molar-refractivity contribution in [3.8, 4) is 0 Å². The van der Waals surface area contributed by atoms with Gasteiger partial charge in [0.15, 0.2) is 0 Å². The number of nitro benzene ring substituents is 1. The van der Waals surface area contributed by atoms with Crippen LogP contribution in [-0.2, 0) is 4.79 Å². The van der Waals surface area contributed by atoms with Crippen LogP contribution in [0.5, 0.6) is 0 Å². The average Bonchev–Trinajstić information content (AvgIpc) is 2.42. The molecule has 0 aromatic heterocycles. The second-order valence-corrected chi connectivity index (χ2v) is 5.74. The molecule has 1 N–H and O–H groups in total. The van der Waals surface area contributed by atoms with Gasteiger partial charge in [-0.3, -0.25) is 19.7 Å². The summed E-state index contributed by atoms with van der Waals surface area (Å²) in [6, 6.07) is 3.97. The molecule has 1 aromatic rings. The van der Waals surface area contributed by atoms with Crippen molar-refractivity contribution in [1.29, 1.82) is 0 Å². The Labute approximate surface area is 126 Å². The van der Waals surface area contributed by atoms with Crippen molar-refractivity contribution < 1.29 is 19.6 Å². The zero-order valence-corrected chi connectivity index (χ0v) is 12.7. The largest absolute Gasteiger partial charge is 0.480 e. The van der Waals surface area contributed by atoms with E-state index < -0.39 is 16.1 Å². The molecule has 0 heterocycles. The van der Waals surface area contributed by atoms with E-state index in [4.69, 9.17) is 5.11 Å². The first-order valence-corrected chi connectivity index (χ1v) is 7.05. The van der Waals surface area contributed by atoms with Crippen LogP contribution in [0.4, 0.5) is 5.69 Å². The number of hydrogen-bond donors (Lipinski definition) is 1. The van der Waals surface area contributed by atoms with Gasteiger partial charge in [0.2, 0.25) is 0 Å². The number of benzene rings is 1. The fourth-order valence-corrected chi connectivity index (χ4v) is 2.64. The molecule has 0 radical (unpaired) electrons. The molecule has 0 aliphatic heterocycles. The number of rotatable bonds is 6. The topological polar surface area (TPSA) is 101 Å². The monoisotopic (exact) mass is 312 g/mol. The SMILES string of the molecule is CCC(Sc1cc(C(=O)N(C)C)ccc1[N+](=O)[O-])C(=O)O. The summed E-state index contributed by atoms with van der Waals surface area (Å²) in [5, 5.41) is 19.3. The summed E-state index contributed by atoms with van der Waals surface area (Å²) in [7, 11) is 3.14. The highest BCUT2D eigenvalue weighted by Gasteiger charge is 2.24. The van der Waals surface area contributed by atoms with Gasteiger partial charge in [-0.2, -0.15) is 0 Å². The van der Waals surface area contributed by atoms with Gasteiger partial charge >= 0.3 is 5.97 Å². The molecule has 1 atom stereocenters. The van der Waals surface area contributed by atoms with Gasteiger partial charge in [-0.15, -0.1) is 11.8 Å².